The molecule has 1 aliphatic heterocycles. The van der Waals surface area contributed by atoms with Crippen LogP contribution in [0.2, 0.25) is 0 Å². The molecule has 0 bridgehead atoms. The SMILES string of the molecule is CC1(C)CNOC1(C)C. The molecule has 0 unspecified atom stereocenters. The smallest absolute Gasteiger partial charge is 0.0904 e. The molecule has 0 saturated carbocycles. The van der Waals surface area contributed by atoms with E-state index in [0.717, 1.165) is 6.54 Å². The summed E-state index contributed by atoms with van der Waals surface area (Å²) in [6, 6.07) is 0. The minimum Gasteiger partial charge on any atom is -0.295 e. The number of rotatable bonds is 0. The molecule has 2 nitrogen and oxygen atoms in total. The average molecular weight is 129 g/mol. The van der Waals surface area contributed by atoms with Crippen molar-refractivity contribution >= 4 is 0 Å². The number of nitrogens with one attached hydrogen (secondary N) is 1. The first-order valence-electron chi connectivity index (χ1n) is 3.37. The van der Waals surface area contributed by atoms with Crippen LogP contribution in [0.15, 0.2) is 0 Å². The quantitative estimate of drug-likeness (QED) is 0.532. The highest BCUT2D eigenvalue weighted by atomic mass is 16.7. The Morgan fingerprint density at radius 1 is 1.22 bits per heavy atom. The third-order valence-electron chi connectivity index (χ3n) is 2.47. The van der Waals surface area contributed by atoms with Crippen molar-refractivity contribution in [2.24, 2.45) is 5.41 Å². The van der Waals surface area contributed by atoms with Crippen LogP contribution in [-0.4, -0.2) is 12.1 Å². The summed E-state index contributed by atoms with van der Waals surface area (Å²) in [5.41, 5.74) is 3.14. The van der Waals surface area contributed by atoms with Crippen LogP contribution in [0, 0.1) is 5.41 Å². The van der Waals surface area contributed by atoms with Gasteiger partial charge in [-0.05, 0) is 13.8 Å². The number of hydrogen-bond donors (Lipinski definition) is 1. The van der Waals surface area contributed by atoms with Crippen LogP contribution < -0.4 is 5.48 Å². The topological polar surface area (TPSA) is 21.3 Å². The van der Waals surface area contributed by atoms with Crippen molar-refractivity contribution in [1.82, 2.24) is 5.48 Å². The summed E-state index contributed by atoms with van der Waals surface area (Å²) < 4.78 is 0. The van der Waals surface area contributed by atoms with Gasteiger partial charge < -0.3 is 0 Å². The van der Waals surface area contributed by atoms with Crippen molar-refractivity contribution in [2.45, 2.75) is 33.3 Å². The predicted molar refractivity (Wildman–Crippen MR) is 36.9 cm³/mol. The average Bonchev–Trinajstić information content (AvgIpc) is 1.81. The molecule has 1 aliphatic rings. The van der Waals surface area contributed by atoms with Crippen LogP contribution in [-0.2, 0) is 4.84 Å². The Morgan fingerprint density at radius 3 is 1.89 bits per heavy atom. The van der Waals surface area contributed by atoms with E-state index < -0.39 is 0 Å². The summed E-state index contributed by atoms with van der Waals surface area (Å²) in [6.07, 6.45) is 0. The van der Waals surface area contributed by atoms with Crippen molar-refractivity contribution in [2.75, 3.05) is 6.54 Å². The molecular formula is C7H15NO. The minimum atomic E-state index is -0.0208. The molecule has 0 aliphatic carbocycles. The maximum Gasteiger partial charge on any atom is 0.0904 e. The fraction of sp³-hybridized carbons (Fsp3) is 1.00. The summed E-state index contributed by atoms with van der Waals surface area (Å²) in [4.78, 5) is 5.31. The maximum atomic E-state index is 5.31. The van der Waals surface area contributed by atoms with E-state index in [1.165, 1.54) is 0 Å². The monoisotopic (exact) mass is 129 g/mol. The molecule has 0 radical (unpaired) electrons. The van der Waals surface area contributed by atoms with Gasteiger partial charge in [-0.3, -0.25) is 4.84 Å². The van der Waals surface area contributed by atoms with Gasteiger partial charge in [0.2, 0.25) is 0 Å². The first-order valence-corrected chi connectivity index (χ1v) is 3.37. The van der Waals surface area contributed by atoms with Crippen LogP contribution in [0.3, 0.4) is 0 Å². The van der Waals surface area contributed by atoms with E-state index in [2.05, 4.69) is 33.2 Å². The molecule has 0 atom stereocenters. The zero-order chi connectivity index (χ0) is 7.12. The first kappa shape index (κ1) is 7.03. The molecule has 1 heterocycles. The molecule has 1 rings (SSSR count). The third-order valence-corrected chi connectivity index (χ3v) is 2.47. The maximum absolute atomic E-state index is 5.31. The van der Waals surface area contributed by atoms with Gasteiger partial charge in [-0.25, -0.2) is 5.48 Å². The molecular weight excluding hydrogens is 114 g/mol. The molecule has 0 amide bonds. The Bertz CT molecular complexity index is 104. The Morgan fingerprint density at radius 2 is 1.78 bits per heavy atom. The normalized spacial score (nSPS) is 30.7. The Balaban J connectivity index is 2.75. The highest BCUT2D eigenvalue weighted by Crippen LogP contribution is 2.36. The molecule has 0 aromatic carbocycles. The van der Waals surface area contributed by atoms with Crippen molar-refractivity contribution < 1.29 is 4.84 Å². The van der Waals surface area contributed by atoms with Gasteiger partial charge in [0, 0.05) is 12.0 Å². The first-order chi connectivity index (χ1) is 3.96. The second-order valence-corrected chi connectivity index (χ2v) is 3.82. The van der Waals surface area contributed by atoms with Crippen molar-refractivity contribution in [1.29, 1.82) is 0 Å². The highest BCUT2D eigenvalue weighted by Gasteiger charge is 2.43. The molecule has 0 spiro atoms. The molecule has 0 aromatic heterocycles. The third kappa shape index (κ3) is 0.970. The molecule has 1 fully saturated rings. The Labute approximate surface area is 56.5 Å². The van der Waals surface area contributed by atoms with Crippen LogP contribution in [0.1, 0.15) is 27.7 Å². The van der Waals surface area contributed by atoms with Crippen LogP contribution in [0.4, 0.5) is 0 Å². The minimum absolute atomic E-state index is 0.0208. The summed E-state index contributed by atoms with van der Waals surface area (Å²) in [7, 11) is 0. The second-order valence-electron chi connectivity index (χ2n) is 3.82. The lowest BCUT2D eigenvalue weighted by molar-refractivity contribution is -0.0613. The lowest BCUT2D eigenvalue weighted by Gasteiger charge is -2.30. The highest BCUT2D eigenvalue weighted by molar-refractivity contribution is 4.91. The fourth-order valence-corrected chi connectivity index (χ4v) is 0.748. The second kappa shape index (κ2) is 1.70. The van der Waals surface area contributed by atoms with Crippen LogP contribution in [0.5, 0.6) is 0 Å². The van der Waals surface area contributed by atoms with Crippen molar-refractivity contribution in [3.8, 4) is 0 Å². The zero-order valence-corrected chi connectivity index (χ0v) is 6.62. The fourth-order valence-electron chi connectivity index (χ4n) is 0.748. The van der Waals surface area contributed by atoms with Gasteiger partial charge in [-0.1, -0.05) is 13.8 Å². The van der Waals surface area contributed by atoms with Gasteiger partial charge in [0.15, 0.2) is 0 Å². The largest absolute Gasteiger partial charge is 0.295 e. The van der Waals surface area contributed by atoms with E-state index in [9.17, 15) is 0 Å². The van der Waals surface area contributed by atoms with E-state index in [4.69, 9.17) is 4.84 Å². The summed E-state index contributed by atoms with van der Waals surface area (Å²) in [6.45, 7) is 9.56. The standard InChI is InChI=1S/C7H15NO/c1-6(2)5-8-9-7(6,3)4/h8H,5H2,1-4H3. The Hall–Kier alpha value is -0.0800. The summed E-state index contributed by atoms with van der Waals surface area (Å²) in [5.74, 6) is 0. The molecule has 0 aromatic rings. The number of hydroxylamine groups is 1. The molecule has 9 heavy (non-hydrogen) atoms. The molecule has 1 N–H and O–H groups in total. The summed E-state index contributed by atoms with van der Waals surface area (Å²) >= 11 is 0. The van der Waals surface area contributed by atoms with E-state index in [0.29, 0.717) is 0 Å². The van der Waals surface area contributed by atoms with Gasteiger partial charge >= 0.3 is 0 Å². The Kier molecular flexibility index (Phi) is 1.33. The van der Waals surface area contributed by atoms with Gasteiger partial charge in [-0.2, -0.15) is 0 Å². The molecule has 2 heteroatoms. The van der Waals surface area contributed by atoms with E-state index in [1.54, 1.807) is 0 Å². The van der Waals surface area contributed by atoms with Crippen molar-refractivity contribution in [3.63, 3.8) is 0 Å². The lowest BCUT2D eigenvalue weighted by atomic mass is 9.78. The van der Waals surface area contributed by atoms with E-state index >= 15 is 0 Å². The van der Waals surface area contributed by atoms with E-state index in [1.807, 2.05) is 0 Å². The van der Waals surface area contributed by atoms with Gasteiger partial charge in [0.05, 0.1) is 5.60 Å². The molecule has 54 valence electrons. The summed E-state index contributed by atoms with van der Waals surface area (Å²) in [5, 5.41) is 0. The van der Waals surface area contributed by atoms with Gasteiger partial charge in [0.25, 0.3) is 0 Å². The van der Waals surface area contributed by atoms with Gasteiger partial charge in [0.1, 0.15) is 0 Å². The van der Waals surface area contributed by atoms with Gasteiger partial charge in [-0.15, -0.1) is 0 Å². The van der Waals surface area contributed by atoms with Crippen molar-refractivity contribution in [3.05, 3.63) is 0 Å². The number of hydrogen-bond acceptors (Lipinski definition) is 2. The van der Waals surface area contributed by atoms with Crippen LogP contribution >= 0.6 is 0 Å². The van der Waals surface area contributed by atoms with E-state index in [-0.39, 0.29) is 11.0 Å². The molecule has 1 saturated heterocycles. The zero-order valence-electron chi connectivity index (χ0n) is 6.62. The predicted octanol–water partition coefficient (Wildman–Crippen LogP) is 1.33. The van der Waals surface area contributed by atoms with Crippen LogP contribution in [0.25, 0.3) is 0 Å². The lowest BCUT2D eigenvalue weighted by Crippen LogP contribution is -2.36.